The second kappa shape index (κ2) is 10.4. The Morgan fingerprint density at radius 2 is 1.84 bits per heavy atom. The first-order chi connectivity index (χ1) is 17.9. The number of nitrogens with one attached hydrogen (secondary N) is 2. The van der Waals surface area contributed by atoms with Crippen LogP contribution in [-0.4, -0.2) is 31.2 Å². The number of aromatic amines is 1. The van der Waals surface area contributed by atoms with Gasteiger partial charge in [0.15, 0.2) is 5.82 Å². The minimum atomic E-state index is -1.04. The monoisotopic (exact) mass is 496 g/mol. The number of fused-ring (bicyclic) bond motifs is 1. The van der Waals surface area contributed by atoms with Crippen molar-refractivity contribution < 1.29 is 9.21 Å². The summed E-state index contributed by atoms with van der Waals surface area (Å²) in [5.74, 6) is 2.04. The van der Waals surface area contributed by atoms with Gasteiger partial charge in [-0.05, 0) is 49.6 Å². The number of hydrogen-bond acceptors (Lipinski definition) is 5. The van der Waals surface area contributed by atoms with E-state index in [2.05, 4.69) is 43.3 Å². The molecule has 4 N–H and O–H groups in total. The number of nitrogens with zero attached hydrogens (tertiary/aromatic N) is 3. The summed E-state index contributed by atoms with van der Waals surface area (Å²) in [5, 5.41) is 13.4. The van der Waals surface area contributed by atoms with Crippen LogP contribution in [0.4, 0.5) is 0 Å². The number of furan rings is 1. The molecule has 37 heavy (non-hydrogen) atoms. The van der Waals surface area contributed by atoms with Crippen molar-refractivity contribution in [1.29, 1.82) is 0 Å². The molecule has 0 aliphatic carbocycles. The zero-order valence-electron chi connectivity index (χ0n) is 21.1. The largest absolute Gasteiger partial charge is 0.467 e. The van der Waals surface area contributed by atoms with Gasteiger partial charge in [-0.3, -0.25) is 4.79 Å². The third-order valence-electron chi connectivity index (χ3n) is 6.53. The van der Waals surface area contributed by atoms with Crippen molar-refractivity contribution in [2.75, 3.05) is 0 Å². The maximum atomic E-state index is 13.1. The lowest BCUT2D eigenvalue weighted by atomic mass is 10.0. The Balaban J connectivity index is 1.52. The first kappa shape index (κ1) is 24.5. The third kappa shape index (κ3) is 5.65. The van der Waals surface area contributed by atoms with E-state index < -0.39 is 11.6 Å². The van der Waals surface area contributed by atoms with Crippen molar-refractivity contribution >= 4 is 16.8 Å². The predicted octanol–water partition coefficient (Wildman–Crippen LogP) is 4.32. The molecular weight excluding hydrogens is 464 g/mol. The highest BCUT2D eigenvalue weighted by Gasteiger charge is 2.29. The van der Waals surface area contributed by atoms with Gasteiger partial charge >= 0.3 is 0 Å². The molecule has 0 aliphatic heterocycles. The van der Waals surface area contributed by atoms with Crippen molar-refractivity contribution in [3.05, 3.63) is 108 Å². The predicted molar refractivity (Wildman–Crippen MR) is 143 cm³/mol. The summed E-state index contributed by atoms with van der Waals surface area (Å²) in [6.07, 6.45) is 5.70. The molecule has 1 atom stereocenters. The maximum Gasteiger partial charge on any atom is 0.240 e. The van der Waals surface area contributed by atoms with E-state index in [1.54, 1.807) is 20.1 Å². The first-order valence-corrected chi connectivity index (χ1v) is 12.5. The summed E-state index contributed by atoms with van der Waals surface area (Å²) in [7, 11) is 0. The van der Waals surface area contributed by atoms with Gasteiger partial charge in [0.05, 0.1) is 24.4 Å². The molecule has 3 aromatic heterocycles. The van der Waals surface area contributed by atoms with Crippen LogP contribution in [0.2, 0.25) is 0 Å². The highest BCUT2D eigenvalue weighted by molar-refractivity contribution is 5.86. The van der Waals surface area contributed by atoms with E-state index in [1.807, 2.05) is 54.7 Å². The minimum absolute atomic E-state index is 0.254. The highest BCUT2D eigenvalue weighted by atomic mass is 16.3. The molecule has 1 amide bonds. The first-order valence-electron chi connectivity index (χ1n) is 12.5. The van der Waals surface area contributed by atoms with Gasteiger partial charge in [0.2, 0.25) is 5.91 Å². The Morgan fingerprint density at radius 1 is 1.05 bits per heavy atom. The van der Waals surface area contributed by atoms with E-state index in [1.165, 1.54) is 5.56 Å². The van der Waals surface area contributed by atoms with Crippen LogP contribution in [-0.2, 0) is 30.6 Å². The van der Waals surface area contributed by atoms with E-state index in [0.717, 1.165) is 34.5 Å². The molecule has 0 radical (unpaired) electrons. The third-order valence-corrected chi connectivity index (χ3v) is 6.53. The van der Waals surface area contributed by atoms with Crippen molar-refractivity contribution in [3.8, 4) is 0 Å². The summed E-state index contributed by atoms with van der Waals surface area (Å²) in [6, 6.07) is 21.8. The molecule has 3 heterocycles. The molecule has 0 spiro atoms. The highest BCUT2D eigenvalue weighted by Crippen LogP contribution is 2.26. The van der Waals surface area contributed by atoms with E-state index in [0.29, 0.717) is 25.2 Å². The van der Waals surface area contributed by atoms with Gasteiger partial charge in [-0.2, -0.15) is 0 Å². The van der Waals surface area contributed by atoms with E-state index in [4.69, 9.17) is 10.2 Å². The van der Waals surface area contributed by atoms with E-state index in [-0.39, 0.29) is 5.91 Å². The SMILES string of the molecule is CC(C)(N)C(=O)N[C@H](Cc1c[nH]c2ccccc12)c1nnc(CCc2ccccc2)n1Cc1ccco1. The molecule has 0 saturated carbocycles. The molecule has 8 heteroatoms. The number of benzene rings is 2. The van der Waals surface area contributed by atoms with Crippen LogP contribution >= 0.6 is 0 Å². The van der Waals surface area contributed by atoms with Gasteiger partial charge in [-0.15, -0.1) is 10.2 Å². The number of H-pyrrole nitrogens is 1. The number of aryl methyl sites for hydroxylation is 2. The molecule has 0 bridgehead atoms. The van der Waals surface area contributed by atoms with Crippen LogP contribution < -0.4 is 11.1 Å². The maximum absolute atomic E-state index is 13.1. The average molecular weight is 497 g/mol. The van der Waals surface area contributed by atoms with E-state index in [9.17, 15) is 4.79 Å². The average Bonchev–Trinajstić information content (AvgIpc) is 3.64. The summed E-state index contributed by atoms with van der Waals surface area (Å²) in [4.78, 5) is 16.4. The number of hydrogen-bond donors (Lipinski definition) is 3. The molecule has 2 aromatic carbocycles. The number of para-hydroxylation sites is 1. The lowest BCUT2D eigenvalue weighted by Gasteiger charge is -2.24. The number of amides is 1. The summed E-state index contributed by atoms with van der Waals surface area (Å²) >= 11 is 0. The standard InChI is InChI=1S/C29H32N6O2/c1-29(2,30)28(36)32-25(17-21-18-31-24-13-7-6-12-23(21)24)27-34-33-26(15-14-20-9-4-3-5-10-20)35(27)19-22-11-8-16-37-22/h3-13,16,18,25,31H,14-15,17,19,30H2,1-2H3,(H,32,36)/t25-/m1/s1. The normalized spacial score (nSPS) is 12.6. The Kier molecular flexibility index (Phi) is 6.92. The van der Waals surface area contributed by atoms with E-state index >= 15 is 0 Å². The fourth-order valence-corrected chi connectivity index (χ4v) is 4.49. The van der Waals surface area contributed by atoms with Gasteiger partial charge in [0.25, 0.3) is 0 Å². The van der Waals surface area contributed by atoms with Crippen LogP contribution in [0.1, 0.15) is 48.4 Å². The Morgan fingerprint density at radius 3 is 2.59 bits per heavy atom. The van der Waals surface area contributed by atoms with Crippen molar-refractivity contribution in [3.63, 3.8) is 0 Å². The van der Waals surface area contributed by atoms with Crippen LogP contribution in [0.25, 0.3) is 10.9 Å². The fourth-order valence-electron chi connectivity index (χ4n) is 4.49. The summed E-state index contributed by atoms with van der Waals surface area (Å²) in [6.45, 7) is 3.86. The smallest absolute Gasteiger partial charge is 0.240 e. The molecule has 8 nitrogen and oxygen atoms in total. The number of carbonyl (C=O) groups is 1. The molecule has 0 fully saturated rings. The molecule has 5 rings (SSSR count). The lowest BCUT2D eigenvalue weighted by molar-refractivity contribution is -0.126. The van der Waals surface area contributed by atoms with Crippen LogP contribution in [0.5, 0.6) is 0 Å². The minimum Gasteiger partial charge on any atom is -0.467 e. The number of aromatic nitrogens is 4. The zero-order chi connectivity index (χ0) is 25.8. The molecule has 0 unspecified atom stereocenters. The van der Waals surface area contributed by atoms with Crippen molar-refractivity contribution in [1.82, 2.24) is 25.1 Å². The van der Waals surface area contributed by atoms with Crippen LogP contribution in [0.15, 0.2) is 83.6 Å². The summed E-state index contributed by atoms with van der Waals surface area (Å²) in [5.41, 5.74) is 8.47. The van der Waals surface area contributed by atoms with Crippen molar-refractivity contribution in [2.45, 2.75) is 51.2 Å². The summed E-state index contributed by atoms with van der Waals surface area (Å²) < 4.78 is 7.73. The molecule has 190 valence electrons. The topological polar surface area (TPSA) is 115 Å². The molecule has 0 aliphatic rings. The molecule has 0 saturated heterocycles. The number of nitrogens with two attached hydrogens (primary N) is 1. The van der Waals surface area contributed by atoms with Gasteiger partial charge in [-0.25, -0.2) is 0 Å². The Bertz CT molecular complexity index is 1460. The van der Waals surface area contributed by atoms with Gasteiger partial charge in [-0.1, -0.05) is 48.5 Å². The Hall–Kier alpha value is -4.17. The van der Waals surface area contributed by atoms with Gasteiger partial charge in [0, 0.05) is 29.9 Å². The lowest BCUT2D eigenvalue weighted by Crippen LogP contribution is -2.50. The quantitative estimate of drug-likeness (QED) is 0.266. The zero-order valence-corrected chi connectivity index (χ0v) is 21.1. The van der Waals surface area contributed by atoms with Gasteiger partial charge < -0.3 is 25.0 Å². The molecule has 5 aromatic rings. The second-order valence-corrected chi connectivity index (χ2v) is 9.94. The number of carbonyl (C=O) groups excluding carboxylic acids is 1. The Labute approximate surface area is 215 Å². The van der Waals surface area contributed by atoms with Crippen LogP contribution in [0, 0.1) is 0 Å². The van der Waals surface area contributed by atoms with Crippen molar-refractivity contribution in [2.24, 2.45) is 5.73 Å². The van der Waals surface area contributed by atoms with Crippen LogP contribution in [0.3, 0.4) is 0 Å². The molecular formula is C29H32N6O2. The fraction of sp³-hybridized carbons (Fsp3) is 0.276. The number of rotatable bonds is 10. The second-order valence-electron chi connectivity index (χ2n) is 9.94. The van der Waals surface area contributed by atoms with Gasteiger partial charge in [0.1, 0.15) is 11.6 Å².